The van der Waals surface area contributed by atoms with Gasteiger partial charge in [0, 0.05) is 112 Å². The van der Waals surface area contributed by atoms with Crippen LogP contribution >= 0.6 is 0 Å². The summed E-state index contributed by atoms with van der Waals surface area (Å²) in [5.41, 5.74) is 7.28. The van der Waals surface area contributed by atoms with E-state index in [1.54, 1.807) is 58.3 Å². The van der Waals surface area contributed by atoms with Crippen molar-refractivity contribution < 1.29 is 27.4 Å². The van der Waals surface area contributed by atoms with Crippen molar-refractivity contribution in [2.24, 2.45) is 0 Å². The van der Waals surface area contributed by atoms with Crippen LogP contribution in [0, 0.1) is 0 Å². The highest BCUT2D eigenvalue weighted by Crippen LogP contribution is 2.57. The van der Waals surface area contributed by atoms with Gasteiger partial charge in [0.25, 0.3) is 6.71 Å². The maximum Gasteiger partial charge on any atom is 0.252 e. The summed E-state index contributed by atoms with van der Waals surface area (Å²) in [6.07, 6.45) is 0. The average Bonchev–Trinajstić information content (AvgIpc) is 1.51. The molecule has 630 valence electrons. The lowest BCUT2D eigenvalue weighted by Gasteiger charge is -2.47. The van der Waals surface area contributed by atoms with Crippen LogP contribution in [0.15, 0.2) is 388 Å². The van der Waals surface area contributed by atoms with Crippen molar-refractivity contribution in [3.05, 3.63) is 416 Å². The maximum atomic E-state index is 12.2. The highest BCUT2D eigenvalue weighted by molar-refractivity contribution is 7.00. The summed E-state index contributed by atoms with van der Waals surface area (Å²) in [7, 11) is 0. The van der Waals surface area contributed by atoms with Gasteiger partial charge in [0.05, 0.1) is 60.9 Å². The third-order valence-electron chi connectivity index (χ3n) is 25.3. The minimum Gasteiger partial charge on any atom is -0.310 e. The number of aromatic nitrogens is 2. The third-order valence-corrected chi connectivity index (χ3v) is 25.3. The van der Waals surface area contributed by atoms with E-state index in [0.29, 0.717) is 101 Å². The minimum atomic E-state index is -1.67. The number of nitrogens with zero attached hydrogens (tertiary/aromatic N) is 6. The highest BCUT2D eigenvalue weighted by Gasteiger charge is 2.47. The van der Waals surface area contributed by atoms with Crippen LogP contribution in [0.3, 0.4) is 0 Å². The fourth-order valence-electron chi connectivity index (χ4n) is 18.5. The van der Waals surface area contributed by atoms with Gasteiger partial charge in [-0.05, 0) is 251 Å². The number of rotatable bonds is 14. The monoisotopic (exact) mass is 1690 g/mol. The maximum absolute atomic E-state index is 12.2. The van der Waals surface area contributed by atoms with Crippen LogP contribution in [0.25, 0.3) is 99.5 Å². The van der Waals surface area contributed by atoms with Crippen molar-refractivity contribution in [2.45, 2.75) is 131 Å². The molecular weight excluding hydrogens is 1560 g/mol. The lowest BCUT2D eigenvalue weighted by Crippen LogP contribution is -2.61. The summed E-state index contributed by atoms with van der Waals surface area (Å²) in [4.78, 5) is 7.26. The molecule has 0 saturated heterocycles. The Morgan fingerprint density at radius 2 is 0.535 bits per heavy atom. The molecule has 6 nitrogen and oxygen atoms in total. The summed E-state index contributed by atoms with van der Waals surface area (Å²) in [5.74, 6) is 0. The van der Waals surface area contributed by atoms with Crippen LogP contribution in [0.5, 0.6) is 0 Å². The topological polar surface area (TPSA) is 22.8 Å². The first-order valence-corrected chi connectivity index (χ1v) is 44.2. The van der Waals surface area contributed by atoms with Crippen LogP contribution in [0.4, 0.5) is 68.2 Å². The normalized spacial score (nSPS) is 15.0. The summed E-state index contributed by atoms with van der Waals surface area (Å²) < 4.78 is 219. The van der Waals surface area contributed by atoms with Crippen molar-refractivity contribution in [1.82, 2.24) is 9.13 Å². The Hall–Kier alpha value is -14.4. The smallest absolute Gasteiger partial charge is 0.252 e. The van der Waals surface area contributed by atoms with E-state index < -0.39 is 155 Å². The van der Waals surface area contributed by atoms with Gasteiger partial charge in [-0.1, -0.05) is 334 Å². The molecule has 7 heteroatoms. The summed E-state index contributed by atoms with van der Waals surface area (Å²) >= 11 is 0. The van der Waals surface area contributed by atoms with Crippen molar-refractivity contribution >= 4 is 135 Å². The van der Waals surface area contributed by atoms with E-state index in [1.807, 2.05) is 204 Å². The van der Waals surface area contributed by atoms with Crippen LogP contribution in [-0.4, -0.2) is 15.8 Å². The molecule has 19 aromatic rings. The molecule has 2 aromatic heterocycles. The van der Waals surface area contributed by atoms with E-state index in [9.17, 15) is 27.4 Å². The Morgan fingerprint density at radius 1 is 0.248 bits per heavy atom. The fraction of sp³-hybridized carbons (Fsp3) is 0.164. The summed E-state index contributed by atoms with van der Waals surface area (Å²) in [5, 5.41) is -1.03. The molecule has 4 heterocycles. The van der Waals surface area contributed by atoms with E-state index in [-0.39, 0.29) is 88.1 Å². The number of anilines is 12. The molecule has 0 atom stereocenters. The summed E-state index contributed by atoms with van der Waals surface area (Å²) in [6.45, 7) is 29.7. The quantitative estimate of drug-likeness (QED) is 0.101. The standard InChI is InChI=1S/C122H109BN6/c1-118(2,3)84-54-58-91(59-55-84)124(89-46-30-20-31-47-89)93-64-68-109-103(76-93)97-50-34-36-52-107(97)126(109)95-62-66-105-111(78-95)128(116-99(80-38-22-16-23-39-80)70-86(120(7,8)9)71-100(116)81-40-24-17-25-41-81)113-74-88(122(13,14)15)75-114-115(113)123(105)106-67-63-96(79-112(106)129(114)117-101(82-42-26-18-27-43-82)72-87(121(10,11)12)73-102(117)83-44-28-19-29-45-83)127-108-53-37-35-51-98(108)104-77-94(65-69-110(104)127)125(90-48-32-21-33-49-90)92-60-56-85(57-61-92)119(4,5)6/h16-79H,1-15H3/i34D,35D,36D,37D,50D,51D,52D,53D,62D,63D,64D,65D,66D,67D,68D,69D,76D,77D,78D,79D. The molecule has 0 aliphatic carbocycles. The van der Waals surface area contributed by atoms with Crippen molar-refractivity contribution in [3.63, 3.8) is 0 Å². The molecule has 0 saturated carbocycles. The molecule has 0 radical (unpaired) electrons. The van der Waals surface area contributed by atoms with Crippen molar-refractivity contribution in [2.75, 3.05) is 19.6 Å². The minimum absolute atomic E-state index is 0.135. The van der Waals surface area contributed by atoms with Gasteiger partial charge in [0.2, 0.25) is 0 Å². The molecule has 0 fully saturated rings. The molecule has 0 N–H and O–H groups in total. The zero-order valence-electron chi connectivity index (χ0n) is 95.2. The first kappa shape index (κ1) is 61.9. The van der Waals surface area contributed by atoms with Crippen LogP contribution in [-0.2, 0) is 27.1 Å². The van der Waals surface area contributed by atoms with E-state index in [2.05, 4.69) is 128 Å². The molecule has 0 spiro atoms. The molecule has 0 amide bonds. The van der Waals surface area contributed by atoms with Gasteiger partial charge in [0.15, 0.2) is 0 Å². The Labute approximate surface area is 789 Å². The Bertz CT molecular complexity index is 8190. The predicted molar refractivity (Wildman–Crippen MR) is 554 cm³/mol. The average molecular weight is 1690 g/mol. The van der Waals surface area contributed by atoms with Crippen molar-refractivity contribution in [3.8, 4) is 55.9 Å². The second kappa shape index (κ2) is 31.3. The lowest BCUT2D eigenvalue weighted by atomic mass is 9.33. The molecule has 21 rings (SSSR count). The Morgan fingerprint density at radius 3 is 0.853 bits per heavy atom. The van der Waals surface area contributed by atoms with Gasteiger partial charge in [-0.15, -0.1) is 0 Å². The second-order valence-corrected chi connectivity index (χ2v) is 39.0. The zero-order valence-corrected chi connectivity index (χ0v) is 75.2. The molecule has 0 unspecified atom stereocenters. The number of para-hydroxylation sites is 4. The van der Waals surface area contributed by atoms with E-state index in [1.165, 1.54) is 9.13 Å². The second-order valence-electron chi connectivity index (χ2n) is 39.0. The van der Waals surface area contributed by atoms with Gasteiger partial charge >= 0.3 is 0 Å². The Balaban J connectivity index is 0.985. The molecule has 2 aliphatic heterocycles. The Kier molecular flexibility index (Phi) is 15.0. The largest absolute Gasteiger partial charge is 0.310 e. The van der Waals surface area contributed by atoms with Gasteiger partial charge in [0.1, 0.15) is 0 Å². The zero-order chi connectivity index (χ0) is 106. The van der Waals surface area contributed by atoms with E-state index >= 15 is 0 Å². The van der Waals surface area contributed by atoms with Crippen LogP contribution in [0.2, 0.25) is 0 Å². The first-order chi connectivity index (χ1) is 70.6. The van der Waals surface area contributed by atoms with Gasteiger partial charge in [-0.2, -0.15) is 0 Å². The predicted octanol–water partition coefficient (Wildman–Crippen LogP) is 32.1. The SMILES string of the molecule is [2H]c1c([2H])c(-n2c3c([2H])c([2H])c([2H])c([2H])c3c3c([2H])c(N(c4ccccc4)c4ccc(C(C)(C)C)cc4)c([2H])c([2H])c32)c([2H])c2c1B1c3c(cc(C(C)(C)C)cc3N(c3c(-c4ccccc4)cc(C(C)(C)C)cc3-c3ccccc3)c3c([2H])c(-n4c5c([2H])c([2H])c([2H])c([2H])c5c5c([2H])c(N(c6ccccc6)c6ccc(C(C)(C)C)cc6)c([2H])c([2H])c54)c([2H])c([2H])c31)N2c1c(-c2ccccc2)cc(C(C)(C)C)cc1-c1ccccc1. The number of hydrogen-bond acceptors (Lipinski definition) is 4. The number of fused-ring (bicyclic) bond motifs is 10. The first-order valence-electron chi connectivity index (χ1n) is 54.2. The van der Waals surface area contributed by atoms with Gasteiger partial charge in [-0.25, -0.2) is 0 Å². The van der Waals surface area contributed by atoms with E-state index in [0.717, 1.165) is 22.3 Å². The molecule has 129 heavy (non-hydrogen) atoms. The lowest BCUT2D eigenvalue weighted by molar-refractivity contribution is 0.590. The molecular formula is C122H109BN6. The molecule has 17 aromatic carbocycles. The number of benzene rings is 17. The number of hydrogen-bond donors (Lipinski definition) is 0. The summed E-state index contributed by atoms with van der Waals surface area (Å²) in [6, 6.07) is 72.3. The highest BCUT2D eigenvalue weighted by atomic mass is 15.2. The molecule has 2 aliphatic rings. The fourth-order valence-corrected chi connectivity index (χ4v) is 18.5. The van der Waals surface area contributed by atoms with Gasteiger partial charge in [-0.3, -0.25) is 0 Å². The van der Waals surface area contributed by atoms with Crippen LogP contribution in [0.1, 0.15) is 159 Å². The van der Waals surface area contributed by atoms with Crippen LogP contribution < -0.4 is 36.0 Å². The van der Waals surface area contributed by atoms with Gasteiger partial charge < -0.3 is 28.7 Å². The van der Waals surface area contributed by atoms with E-state index in [4.69, 9.17) is 0 Å². The third kappa shape index (κ3) is 14.4. The van der Waals surface area contributed by atoms with Crippen molar-refractivity contribution in [1.29, 1.82) is 0 Å². The molecule has 0 bridgehead atoms.